The van der Waals surface area contributed by atoms with E-state index in [1.165, 1.54) is 30.6 Å². The predicted octanol–water partition coefficient (Wildman–Crippen LogP) is 3.57. The topological polar surface area (TPSA) is 125 Å². The van der Waals surface area contributed by atoms with Crippen LogP contribution in [-0.4, -0.2) is 44.9 Å². The van der Waals surface area contributed by atoms with E-state index >= 15 is 0 Å². The zero-order valence-corrected chi connectivity index (χ0v) is 18.1. The number of allylic oxidation sites excluding steroid dienone is 1. The number of benzene rings is 2. The first-order valence-corrected chi connectivity index (χ1v) is 10.1. The number of aliphatic hydroxyl groups is 1. The Bertz CT molecular complexity index is 1290. The third-order valence-electron chi connectivity index (χ3n) is 4.79. The van der Waals surface area contributed by atoms with Crippen LogP contribution in [0.4, 0.5) is 17.6 Å². The van der Waals surface area contributed by atoms with Crippen LogP contribution in [0.3, 0.4) is 0 Å². The Labute approximate surface area is 197 Å². The summed E-state index contributed by atoms with van der Waals surface area (Å²) in [4.78, 5) is 24.0. The molecule has 0 unspecified atom stereocenters. The first-order valence-electron chi connectivity index (χ1n) is 10.1. The molecule has 1 heterocycles. The molecule has 3 rings (SSSR count). The fraction of sp³-hybridized carbons (Fsp3) is 0.125. The van der Waals surface area contributed by atoms with Gasteiger partial charge in [0.1, 0.15) is 29.8 Å². The molecule has 0 saturated heterocycles. The minimum absolute atomic E-state index is 0.0196. The molecular formula is C24H19F4N5O2. The van der Waals surface area contributed by atoms with E-state index < -0.39 is 59.0 Å². The first kappa shape index (κ1) is 25.4. The van der Waals surface area contributed by atoms with Crippen LogP contribution in [-0.2, 0) is 6.42 Å². The number of nitrogens with one attached hydrogen (secondary N) is 1. The summed E-state index contributed by atoms with van der Waals surface area (Å²) in [6.45, 7) is -1.63. The highest BCUT2D eigenvalue weighted by molar-refractivity contribution is 6.17. The number of rotatable bonds is 8. The van der Waals surface area contributed by atoms with Crippen molar-refractivity contribution in [1.82, 2.24) is 9.97 Å². The number of aromatic nitrogens is 2. The van der Waals surface area contributed by atoms with Gasteiger partial charge in [0.05, 0.1) is 17.7 Å². The molecule has 7 nitrogen and oxygen atoms in total. The Balaban J connectivity index is 2.01. The van der Waals surface area contributed by atoms with Gasteiger partial charge >= 0.3 is 5.92 Å². The molecule has 1 amide bonds. The van der Waals surface area contributed by atoms with Crippen molar-refractivity contribution >= 4 is 23.0 Å². The summed E-state index contributed by atoms with van der Waals surface area (Å²) in [5.41, 5.74) is 3.68. The van der Waals surface area contributed by atoms with Gasteiger partial charge in [0, 0.05) is 23.7 Å². The Kier molecular flexibility index (Phi) is 7.82. The molecule has 180 valence electrons. The SMILES string of the molecule is N=C(/C=C(\N)c1ccc(F)cc1)c1c(F)cccc1C(=O)N=C(Cc1ncccn1)C(F)(F)CO. The lowest BCUT2D eigenvalue weighted by Gasteiger charge is -2.16. The van der Waals surface area contributed by atoms with Gasteiger partial charge in [-0.2, -0.15) is 8.78 Å². The number of nitrogens with zero attached hydrogens (tertiary/aromatic N) is 3. The molecule has 0 spiro atoms. The van der Waals surface area contributed by atoms with E-state index in [0.29, 0.717) is 5.56 Å². The van der Waals surface area contributed by atoms with E-state index in [0.717, 1.165) is 36.4 Å². The minimum Gasteiger partial charge on any atom is -0.398 e. The lowest BCUT2D eigenvalue weighted by Crippen LogP contribution is -2.35. The molecule has 4 N–H and O–H groups in total. The second-order valence-corrected chi connectivity index (χ2v) is 7.25. The number of aliphatic hydroxyl groups excluding tert-OH is 1. The summed E-state index contributed by atoms with van der Waals surface area (Å²) >= 11 is 0. The lowest BCUT2D eigenvalue weighted by molar-refractivity contribution is 0.0122. The van der Waals surface area contributed by atoms with Gasteiger partial charge in [0.2, 0.25) is 0 Å². The van der Waals surface area contributed by atoms with Crippen molar-refractivity contribution in [3.05, 3.63) is 101 Å². The average Bonchev–Trinajstić information content (AvgIpc) is 2.84. The largest absolute Gasteiger partial charge is 0.398 e. The van der Waals surface area contributed by atoms with Crippen LogP contribution in [0.15, 0.2) is 72.0 Å². The van der Waals surface area contributed by atoms with Gasteiger partial charge in [-0.25, -0.2) is 23.7 Å². The monoisotopic (exact) mass is 485 g/mol. The van der Waals surface area contributed by atoms with Crippen LogP contribution in [0.5, 0.6) is 0 Å². The first-order chi connectivity index (χ1) is 16.6. The lowest BCUT2D eigenvalue weighted by atomic mass is 9.99. The molecule has 0 radical (unpaired) electrons. The molecule has 3 aromatic rings. The number of hydrogen-bond donors (Lipinski definition) is 3. The highest BCUT2D eigenvalue weighted by Crippen LogP contribution is 2.22. The van der Waals surface area contributed by atoms with E-state index in [2.05, 4.69) is 15.0 Å². The second kappa shape index (κ2) is 10.8. The zero-order valence-electron chi connectivity index (χ0n) is 18.1. The predicted molar refractivity (Wildman–Crippen MR) is 121 cm³/mol. The number of carbonyl (C=O) groups excluding carboxylic acids is 1. The third kappa shape index (κ3) is 6.21. The Morgan fingerprint density at radius 1 is 1.09 bits per heavy atom. The third-order valence-corrected chi connectivity index (χ3v) is 4.79. The van der Waals surface area contributed by atoms with Crippen molar-refractivity contribution in [1.29, 1.82) is 5.41 Å². The quantitative estimate of drug-likeness (QED) is 0.332. The molecule has 11 heteroatoms. The second-order valence-electron chi connectivity index (χ2n) is 7.25. The number of hydrogen-bond acceptors (Lipinski definition) is 6. The van der Waals surface area contributed by atoms with Gasteiger partial charge in [-0.1, -0.05) is 18.2 Å². The molecule has 0 aliphatic rings. The molecule has 0 fully saturated rings. The van der Waals surface area contributed by atoms with Gasteiger partial charge in [-0.3, -0.25) is 4.79 Å². The molecule has 0 atom stereocenters. The normalized spacial score (nSPS) is 12.5. The summed E-state index contributed by atoms with van der Waals surface area (Å²) in [6, 6.07) is 9.71. The average molecular weight is 485 g/mol. The minimum atomic E-state index is -3.89. The summed E-state index contributed by atoms with van der Waals surface area (Å²) in [5, 5.41) is 17.4. The molecule has 2 aromatic carbocycles. The summed E-state index contributed by atoms with van der Waals surface area (Å²) in [5.74, 6) is -6.72. The fourth-order valence-corrected chi connectivity index (χ4v) is 3.03. The van der Waals surface area contributed by atoms with Crippen molar-refractivity contribution < 1.29 is 27.5 Å². The number of alkyl halides is 2. The summed E-state index contributed by atoms with van der Waals surface area (Å²) in [7, 11) is 0. The maximum Gasteiger partial charge on any atom is 0.309 e. The van der Waals surface area contributed by atoms with Gasteiger partial charge < -0.3 is 16.2 Å². The van der Waals surface area contributed by atoms with Crippen LogP contribution in [0.2, 0.25) is 0 Å². The summed E-state index contributed by atoms with van der Waals surface area (Å²) in [6.07, 6.45) is 3.01. The van der Waals surface area contributed by atoms with Crippen molar-refractivity contribution in [2.45, 2.75) is 12.3 Å². The number of nitrogens with two attached hydrogens (primary N) is 1. The molecule has 1 aromatic heterocycles. The van der Waals surface area contributed by atoms with E-state index in [9.17, 15) is 22.4 Å². The Morgan fingerprint density at radius 3 is 2.37 bits per heavy atom. The van der Waals surface area contributed by atoms with Crippen molar-refractivity contribution in [3.8, 4) is 0 Å². The van der Waals surface area contributed by atoms with E-state index in [-0.39, 0.29) is 11.5 Å². The number of carbonyl (C=O) groups is 1. The number of amides is 1. The fourth-order valence-electron chi connectivity index (χ4n) is 3.03. The van der Waals surface area contributed by atoms with Crippen LogP contribution in [0.25, 0.3) is 5.70 Å². The Morgan fingerprint density at radius 2 is 1.74 bits per heavy atom. The number of aliphatic imine (C=N–C) groups is 1. The molecular weight excluding hydrogens is 466 g/mol. The van der Waals surface area contributed by atoms with E-state index in [4.69, 9.17) is 16.2 Å². The van der Waals surface area contributed by atoms with Crippen molar-refractivity contribution in [2.24, 2.45) is 10.7 Å². The maximum atomic E-state index is 14.7. The molecule has 0 aliphatic carbocycles. The highest BCUT2D eigenvalue weighted by Gasteiger charge is 2.36. The summed E-state index contributed by atoms with van der Waals surface area (Å²) < 4.78 is 56.5. The molecule has 0 bridgehead atoms. The van der Waals surface area contributed by atoms with Gasteiger partial charge in [-0.05, 0) is 42.0 Å². The maximum absolute atomic E-state index is 14.7. The standard InChI is InChI=1S/C24H19F4N5O2/c25-15-7-5-14(6-8-15)18(29)11-19(30)22-16(3-1-4-17(22)26)23(35)33-20(24(27,28)13-34)12-21-31-9-2-10-32-21/h1-11,30,34H,12-13,29H2/b18-11-,30-19?,33-20?. The molecule has 35 heavy (non-hydrogen) atoms. The van der Waals surface area contributed by atoms with Crippen LogP contribution in [0.1, 0.15) is 27.3 Å². The van der Waals surface area contributed by atoms with Gasteiger partial charge in [-0.15, -0.1) is 0 Å². The van der Waals surface area contributed by atoms with Crippen molar-refractivity contribution in [3.63, 3.8) is 0 Å². The highest BCUT2D eigenvalue weighted by atomic mass is 19.3. The van der Waals surface area contributed by atoms with E-state index in [1.807, 2.05) is 0 Å². The van der Waals surface area contributed by atoms with Gasteiger partial charge in [0.15, 0.2) is 0 Å². The van der Waals surface area contributed by atoms with Crippen LogP contribution >= 0.6 is 0 Å². The molecule has 0 aliphatic heterocycles. The van der Waals surface area contributed by atoms with Gasteiger partial charge in [0.25, 0.3) is 5.91 Å². The zero-order chi connectivity index (χ0) is 25.6. The van der Waals surface area contributed by atoms with Crippen molar-refractivity contribution in [2.75, 3.05) is 6.61 Å². The molecule has 0 saturated carbocycles. The smallest absolute Gasteiger partial charge is 0.309 e. The van der Waals surface area contributed by atoms with E-state index in [1.54, 1.807) is 0 Å². The van der Waals surface area contributed by atoms with Crippen LogP contribution in [0, 0.1) is 17.0 Å². The Hall–Kier alpha value is -4.25. The van der Waals surface area contributed by atoms with Crippen LogP contribution < -0.4 is 5.73 Å². The number of halogens is 4.